The second kappa shape index (κ2) is 12.1. The van der Waals surface area contributed by atoms with E-state index in [1.54, 1.807) is 50.6 Å². The van der Waals surface area contributed by atoms with E-state index in [-0.39, 0.29) is 17.6 Å². The third-order valence-electron chi connectivity index (χ3n) is 6.91. The first kappa shape index (κ1) is 28.9. The fourth-order valence-corrected chi connectivity index (χ4v) is 5.38. The van der Waals surface area contributed by atoms with Gasteiger partial charge in [0.05, 0.1) is 31.9 Å². The van der Waals surface area contributed by atoms with Crippen molar-refractivity contribution in [2.24, 2.45) is 0 Å². The molecule has 216 valence electrons. The summed E-state index contributed by atoms with van der Waals surface area (Å²) in [6, 6.07) is 19.0. The maximum atomic E-state index is 13.8. The van der Waals surface area contributed by atoms with Crippen molar-refractivity contribution in [2.75, 3.05) is 31.5 Å². The molecule has 0 saturated heterocycles. The van der Waals surface area contributed by atoms with Gasteiger partial charge in [0.2, 0.25) is 0 Å². The van der Waals surface area contributed by atoms with Gasteiger partial charge in [-0.2, -0.15) is 0 Å². The number of ether oxygens (including phenoxy) is 3. The average molecular weight is 588 g/mol. The van der Waals surface area contributed by atoms with Gasteiger partial charge in [-0.1, -0.05) is 17.8 Å². The van der Waals surface area contributed by atoms with Gasteiger partial charge in [-0.15, -0.1) is 10.2 Å². The molecule has 1 N–H and O–H groups in total. The second-order valence-corrected chi connectivity index (χ2v) is 11.0. The predicted octanol–water partition coefficient (Wildman–Crippen LogP) is 5.80. The van der Waals surface area contributed by atoms with E-state index in [4.69, 9.17) is 19.6 Å². The first-order valence-electron chi connectivity index (χ1n) is 13.1. The van der Waals surface area contributed by atoms with Gasteiger partial charge in [0.25, 0.3) is 5.91 Å². The molecule has 0 radical (unpaired) electrons. The maximum absolute atomic E-state index is 13.8. The Morgan fingerprint density at radius 3 is 2.24 bits per heavy atom. The number of amides is 1. The number of rotatable bonds is 11. The highest BCUT2D eigenvalue weighted by Gasteiger charge is 2.32. The number of carbonyl (C=O) groups excluding carboxylic acids is 1. The molecule has 0 bridgehead atoms. The van der Waals surface area contributed by atoms with Gasteiger partial charge in [0.1, 0.15) is 23.2 Å². The van der Waals surface area contributed by atoms with Gasteiger partial charge >= 0.3 is 0 Å². The third kappa shape index (κ3) is 5.73. The van der Waals surface area contributed by atoms with Crippen LogP contribution < -0.4 is 19.1 Å². The van der Waals surface area contributed by atoms with Crippen LogP contribution >= 0.6 is 11.8 Å². The molecule has 0 fully saturated rings. The molecular weight excluding hydrogens is 557 g/mol. The van der Waals surface area contributed by atoms with Crippen molar-refractivity contribution in [3.63, 3.8) is 0 Å². The SMILES string of the molecule is COc1ccc(C(C)(C)c2nnc(SCCOc3ccc(N4C(=N)C=CC4=O)cc3)n2-c2ccc(F)cc2)cc1OC. The number of anilines is 1. The lowest BCUT2D eigenvalue weighted by Gasteiger charge is -2.26. The number of hydrogen-bond acceptors (Lipinski definition) is 8. The number of nitrogens with one attached hydrogen (secondary N) is 1. The van der Waals surface area contributed by atoms with Gasteiger partial charge in [-0.3, -0.25) is 19.7 Å². The Labute approximate surface area is 247 Å². The van der Waals surface area contributed by atoms with Crippen molar-refractivity contribution in [1.29, 1.82) is 5.41 Å². The number of aromatic nitrogens is 3. The fourth-order valence-electron chi connectivity index (χ4n) is 4.61. The topological polar surface area (TPSA) is 103 Å². The predicted molar refractivity (Wildman–Crippen MR) is 160 cm³/mol. The Kier molecular flexibility index (Phi) is 8.30. The van der Waals surface area contributed by atoms with Crippen LogP contribution in [-0.2, 0) is 10.2 Å². The van der Waals surface area contributed by atoms with Crippen LogP contribution in [0.25, 0.3) is 5.69 Å². The molecule has 4 aromatic rings. The molecule has 0 spiro atoms. The molecule has 9 nitrogen and oxygen atoms in total. The number of hydrogen-bond donors (Lipinski definition) is 1. The molecule has 5 rings (SSSR count). The van der Waals surface area contributed by atoms with Gasteiger partial charge in [0, 0.05) is 17.5 Å². The van der Waals surface area contributed by atoms with E-state index in [1.807, 2.05) is 36.6 Å². The zero-order valence-electron chi connectivity index (χ0n) is 23.6. The highest BCUT2D eigenvalue weighted by atomic mass is 32.2. The van der Waals surface area contributed by atoms with Crippen molar-refractivity contribution in [3.05, 3.63) is 96.1 Å². The van der Waals surface area contributed by atoms with E-state index < -0.39 is 5.41 Å². The number of nitrogens with zero attached hydrogens (tertiary/aromatic N) is 4. The largest absolute Gasteiger partial charge is 0.493 e. The molecule has 1 aromatic heterocycles. The lowest BCUT2D eigenvalue weighted by Crippen LogP contribution is -2.28. The number of carbonyl (C=O) groups is 1. The van der Waals surface area contributed by atoms with Crippen molar-refractivity contribution in [1.82, 2.24) is 14.8 Å². The molecule has 1 aliphatic heterocycles. The van der Waals surface area contributed by atoms with Crippen molar-refractivity contribution in [3.8, 4) is 22.9 Å². The zero-order chi connectivity index (χ0) is 29.9. The molecule has 0 unspecified atom stereocenters. The van der Waals surface area contributed by atoms with Crippen molar-refractivity contribution >= 4 is 29.2 Å². The quantitative estimate of drug-likeness (QED) is 0.175. The molecular formula is C31H30FN5O4S. The average Bonchev–Trinajstić information content (AvgIpc) is 3.58. The molecule has 11 heteroatoms. The summed E-state index contributed by atoms with van der Waals surface area (Å²) < 4.78 is 32.6. The molecule has 1 aliphatic rings. The molecule has 1 amide bonds. The van der Waals surface area contributed by atoms with E-state index in [0.717, 1.165) is 11.3 Å². The monoisotopic (exact) mass is 587 g/mol. The van der Waals surface area contributed by atoms with E-state index in [9.17, 15) is 9.18 Å². The summed E-state index contributed by atoms with van der Waals surface area (Å²) in [6.45, 7) is 4.48. The van der Waals surface area contributed by atoms with Gasteiger partial charge < -0.3 is 14.2 Å². The number of amidine groups is 1. The van der Waals surface area contributed by atoms with Crippen molar-refractivity contribution in [2.45, 2.75) is 24.4 Å². The Morgan fingerprint density at radius 2 is 1.60 bits per heavy atom. The first-order chi connectivity index (χ1) is 20.2. The van der Waals surface area contributed by atoms with Crippen LogP contribution in [0.3, 0.4) is 0 Å². The molecule has 0 atom stereocenters. The fraction of sp³-hybridized carbons (Fsp3) is 0.226. The van der Waals surface area contributed by atoms with Crippen LogP contribution in [0.1, 0.15) is 25.2 Å². The molecule has 42 heavy (non-hydrogen) atoms. The summed E-state index contributed by atoms with van der Waals surface area (Å²) in [4.78, 5) is 13.3. The minimum Gasteiger partial charge on any atom is -0.493 e. The van der Waals surface area contributed by atoms with Crippen LogP contribution in [0, 0.1) is 11.2 Å². The standard InChI is InChI=1S/C31H30FN5O4S/c1-31(2,20-5-14-25(39-3)26(19-20)40-4)29-34-35-30(37(29)23-8-6-21(32)7-9-23)42-18-17-41-24-12-10-22(11-13-24)36-27(33)15-16-28(36)38/h5-16,19,33H,17-18H2,1-4H3. The van der Waals surface area contributed by atoms with Crippen LogP contribution in [0.4, 0.5) is 10.1 Å². The zero-order valence-corrected chi connectivity index (χ0v) is 24.4. The highest BCUT2D eigenvalue weighted by molar-refractivity contribution is 7.99. The summed E-state index contributed by atoms with van der Waals surface area (Å²) in [5.74, 6) is 2.67. The molecule has 0 saturated carbocycles. The number of thioether (sulfide) groups is 1. The van der Waals surface area contributed by atoms with Gasteiger partial charge in [0.15, 0.2) is 16.7 Å². The number of benzene rings is 3. The van der Waals surface area contributed by atoms with E-state index in [2.05, 4.69) is 10.2 Å². The lowest BCUT2D eigenvalue weighted by atomic mass is 9.83. The van der Waals surface area contributed by atoms with Crippen molar-refractivity contribution < 1.29 is 23.4 Å². The third-order valence-corrected chi connectivity index (χ3v) is 7.80. The Bertz CT molecular complexity index is 1620. The smallest absolute Gasteiger partial charge is 0.256 e. The highest BCUT2D eigenvalue weighted by Crippen LogP contribution is 2.38. The maximum Gasteiger partial charge on any atom is 0.256 e. The minimum absolute atomic E-state index is 0.129. The second-order valence-electron chi connectivity index (χ2n) is 9.90. The van der Waals surface area contributed by atoms with E-state index >= 15 is 0 Å². The number of halogens is 1. The van der Waals surface area contributed by atoms with Gasteiger partial charge in [-0.05, 0) is 86.2 Å². The van der Waals surface area contributed by atoms with Gasteiger partial charge in [-0.25, -0.2) is 4.39 Å². The summed E-state index contributed by atoms with van der Waals surface area (Å²) in [5.41, 5.74) is 1.69. The van der Waals surface area contributed by atoms with Crippen LogP contribution in [0.5, 0.6) is 17.2 Å². The van der Waals surface area contributed by atoms with E-state index in [0.29, 0.717) is 46.3 Å². The summed E-state index contributed by atoms with van der Waals surface area (Å²) in [5, 5.41) is 17.6. The summed E-state index contributed by atoms with van der Waals surface area (Å²) >= 11 is 1.47. The Balaban J connectivity index is 1.34. The number of methoxy groups -OCH3 is 2. The Morgan fingerprint density at radius 1 is 0.905 bits per heavy atom. The normalized spacial score (nSPS) is 13.1. The van der Waals surface area contributed by atoms with Crippen LogP contribution in [-0.4, -0.2) is 53.1 Å². The summed E-state index contributed by atoms with van der Waals surface area (Å²) in [6.07, 6.45) is 2.84. The summed E-state index contributed by atoms with van der Waals surface area (Å²) in [7, 11) is 3.19. The van der Waals surface area contributed by atoms with Crippen LogP contribution in [0.15, 0.2) is 84.0 Å². The molecule has 0 aliphatic carbocycles. The lowest BCUT2D eigenvalue weighted by molar-refractivity contribution is -0.113. The molecule has 2 heterocycles. The molecule has 3 aromatic carbocycles. The van der Waals surface area contributed by atoms with Crippen LogP contribution in [0.2, 0.25) is 0 Å². The minimum atomic E-state index is -0.597. The first-order valence-corrected chi connectivity index (χ1v) is 14.1. The van der Waals surface area contributed by atoms with E-state index in [1.165, 1.54) is 40.9 Å². The Hall–Kier alpha value is -4.64.